The zero-order chi connectivity index (χ0) is 20.1. The van der Waals surface area contributed by atoms with Gasteiger partial charge in [0.15, 0.2) is 0 Å². The van der Waals surface area contributed by atoms with Gasteiger partial charge >= 0.3 is 12.0 Å². The third kappa shape index (κ3) is 5.04. The van der Waals surface area contributed by atoms with Crippen molar-refractivity contribution in [2.75, 3.05) is 19.6 Å². The average molecular weight is 388 g/mol. The molecule has 0 radical (unpaired) electrons. The first-order valence-electron chi connectivity index (χ1n) is 10.5. The lowest BCUT2D eigenvalue weighted by atomic mass is 9.90. The number of aliphatic carboxylic acids is 1. The summed E-state index contributed by atoms with van der Waals surface area (Å²) in [7, 11) is 0. The lowest BCUT2D eigenvalue weighted by Gasteiger charge is -2.37. The predicted molar refractivity (Wildman–Crippen MR) is 109 cm³/mol. The Morgan fingerprint density at radius 1 is 1.21 bits per heavy atom. The quantitative estimate of drug-likeness (QED) is 0.699. The molecule has 3 unspecified atom stereocenters. The Balaban J connectivity index is 1.60. The lowest BCUT2D eigenvalue weighted by Crippen LogP contribution is -2.56. The summed E-state index contributed by atoms with van der Waals surface area (Å²) in [6.45, 7) is 5.67. The number of hydrogen-bond acceptors (Lipinski definition) is 3. The highest BCUT2D eigenvalue weighted by Gasteiger charge is 2.37. The molecule has 2 fully saturated rings. The van der Waals surface area contributed by atoms with Crippen molar-refractivity contribution in [1.29, 1.82) is 0 Å². The Morgan fingerprint density at radius 3 is 2.54 bits per heavy atom. The van der Waals surface area contributed by atoms with E-state index in [9.17, 15) is 14.7 Å². The zero-order valence-electron chi connectivity index (χ0n) is 17.0. The fourth-order valence-electron chi connectivity index (χ4n) is 4.76. The number of carboxylic acid groups (broad SMARTS) is 1. The Kier molecular flexibility index (Phi) is 6.60. The molecule has 3 atom stereocenters. The van der Waals surface area contributed by atoms with Crippen LogP contribution in [0.3, 0.4) is 0 Å². The molecule has 1 aliphatic carbocycles. The number of benzene rings is 1. The van der Waals surface area contributed by atoms with Gasteiger partial charge in [0.25, 0.3) is 0 Å². The molecule has 1 saturated heterocycles. The van der Waals surface area contributed by atoms with E-state index < -0.39 is 11.9 Å². The van der Waals surface area contributed by atoms with E-state index in [4.69, 9.17) is 0 Å². The number of likely N-dealkylation sites (tertiary alicyclic amines) is 1. The second-order valence-corrected chi connectivity index (χ2v) is 8.70. The van der Waals surface area contributed by atoms with Crippen molar-refractivity contribution in [3.63, 3.8) is 0 Å². The maximum atomic E-state index is 12.8. The number of urea groups is 1. The minimum absolute atomic E-state index is 0.0987. The van der Waals surface area contributed by atoms with Crippen LogP contribution in [0.1, 0.15) is 57.6 Å². The molecule has 0 spiro atoms. The Labute approximate surface area is 167 Å². The van der Waals surface area contributed by atoms with Crippen molar-refractivity contribution < 1.29 is 14.7 Å². The number of nitrogens with zero attached hydrogens (tertiary/aromatic N) is 1. The Bertz CT molecular complexity index is 673. The van der Waals surface area contributed by atoms with Crippen molar-refractivity contribution >= 4 is 12.0 Å². The predicted octanol–water partition coefficient (Wildman–Crippen LogP) is 3.40. The molecule has 1 saturated carbocycles. The van der Waals surface area contributed by atoms with E-state index in [1.165, 1.54) is 5.56 Å². The maximum absolute atomic E-state index is 12.8. The summed E-state index contributed by atoms with van der Waals surface area (Å²) in [6.07, 6.45) is 5.04. The third-order valence-electron chi connectivity index (χ3n) is 6.26. The van der Waals surface area contributed by atoms with E-state index in [-0.39, 0.29) is 23.5 Å². The molecule has 28 heavy (non-hydrogen) atoms. The minimum atomic E-state index is -0.810. The minimum Gasteiger partial charge on any atom is -0.481 e. The van der Waals surface area contributed by atoms with E-state index in [0.717, 1.165) is 25.7 Å². The summed E-state index contributed by atoms with van der Waals surface area (Å²) in [5, 5.41) is 16.2. The highest BCUT2D eigenvalue weighted by Crippen LogP contribution is 2.32. The van der Waals surface area contributed by atoms with Crippen molar-refractivity contribution in [2.24, 2.45) is 11.8 Å². The second kappa shape index (κ2) is 8.95. The van der Waals surface area contributed by atoms with Crippen molar-refractivity contribution in [2.45, 2.75) is 57.5 Å². The highest BCUT2D eigenvalue weighted by molar-refractivity contribution is 5.76. The number of hydrogen-bond donors (Lipinski definition) is 3. The molecule has 1 aromatic rings. The van der Waals surface area contributed by atoms with Crippen molar-refractivity contribution in [1.82, 2.24) is 15.5 Å². The fraction of sp³-hybridized carbons (Fsp3) is 0.636. The summed E-state index contributed by atoms with van der Waals surface area (Å²) >= 11 is 0. The number of rotatable bonds is 6. The van der Waals surface area contributed by atoms with Crippen LogP contribution in [0.4, 0.5) is 4.79 Å². The zero-order valence-corrected chi connectivity index (χ0v) is 17.0. The van der Waals surface area contributed by atoms with E-state index in [1.54, 1.807) is 4.90 Å². The van der Waals surface area contributed by atoms with Gasteiger partial charge in [0.2, 0.25) is 0 Å². The van der Waals surface area contributed by atoms with Crippen LogP contribution in [0, 0.1) is 11.8 Å². The monoisotopic (exact) mass is 387 g/mol. The van der Waals surface area contributed by atoms with Gasteiger partial charge in [0.1, 0.15) is 0 Å². The molecule has 0 aromatic heterocycles. The summed E-state index contributed by atoms with van der Waals surface area (Å²) < 4.78 is 0. The second-order valence-electron chi connectivity index (χ2n) is 8.70. The van der Waals surface area contributed by atoms with E-state index >= 15 is 0 Å². The standard InChI is InChI=1S/C22H33N3O3/c1-16-12-19(20(26)27)14-25(13-16)21(28)23-15-22(10-6-7-11-22)24-17(2)18-8-4-3-5-9-18/h3-5,8-9,16-17,19,24H,6-7,10-15H2,1-2H3,(H,23,28)(H,26,27). The van der Waals surface area contributed by atoms with Gasteiger partial charge in [-0.05, 0) is 37.7 Å². The van der Waals surface area contributed by atoms with Crippen LogP contribution in [-0.2, 0) is 4.79 Å². The van der Waals surface area contributed by atoms with Crippen molar-refractivity contribution in [3.05, 3.63) is 35.9 Å². The lowest BCUT2D eigenvalue weighted by molar-refractivity contribution is -0.143. The first-order valence-corrected chi connectivity index (χ1v) is 10.5. The van der Waals surface area contributed by atoms with Gasteiger partial charge in [-0.1, -0.05) is 50.1 Å². The fourth-order valence-corrected chi connectivity index (χ4v) is 4.76. The molecule has 1 aromatic carbocycles. The van der Waals surface area contributed by atoms with Gasteiger partial charge in [-0.25, -0.2) is 4.79 Å². The number of carboxylic acids is 1. The largest absolute Gasteiger partial charge is 0.481 e. The molecule has 0 bridgehead atoms. The van der Waals surface area contributed by atoms with E-state index in [2.05, 4.69) is 29.7 Å². The Morgan fingerprint density at radius 2 is 1.89 bits per heavy atom. The molecule has 6 heteroatoms. The molecular weight excluding hydrogens is 354 g/mol. The van der Waals surface area contributed by atoms with Crippen molar-refractivity contribution in [3.8, 4) is 0 Å². The number of piperidine rings is 1. The van der Waals surface area contributed by atoms with E-state index in [0.29, 0.717) is 26.1 Å². The smallest absolute Gasteiger partial charge is 0.317 e. The molecule has 3 N–H and O–H groups in total. The molecular formula is C22H33N3O3. The SMILES string of the molecule is CC1CC(C(=O)O)CN(C(=O)NCC2(NC(C)c3ccccc3)CCCC2)C1. The van der Waals surface area contributed by atoms with Crippen LogP contribution in [0.2, 0.25) is 0 Å². The van der Waals surface area contributed by atoms with Gasteiger partial charge in [-0.2, -0.15) is 0 Å². The van der Waals surface area contributed by atoms with Crippen LogP contribution in [-0.4, -0.2) is 47.2 Å². The van der Waals surface area contributed by atoms with Crippen LogP contribution in [0.25, 0.3) is 0 Å². The van der Waals surface area contributed by atoms with Gasteiger partial charge < -0.3 is 20.6 Å². The number of carbonyl (C=O) groups is 2. The normalized spacial score (nSPS) is 25.3. The summed E-state index contributed by atoms with van der Waals surface area (Å²) in [6, 6.07) is 10.4. The van der Waals surface area contributed by atoms with Gasteiger partial charge in [0.05, 0.1) is 5.92 Å². The topological polar surface area (TPSA) is 81.7 Å². The van der Waals surface area contributed by atoms with E-state index in [1.807, 2.05) is 25.1 Å². The van der Waals surface area contributed by atoms with Crippen LogP contribution in [0.5, 0.6) is 0 Å². The molecule has 1 heterocycles. The Hall–Kier alpha value is -2.08. The van der Waals surface area contributed by atoms with Gasteiger partial charge in [-0.3, -0.25) is 4.79 Å². The summed E-state index contributed by atoms with van der Waals surface area (Å²) in [5.41, 5.74) is 1.15. The molecule has 154 valence electrons. The van der Waals surface area contributed by atoms with Gasteiger partial charge in [0, 0.05) is 31.2 Å². The van der Waals surface area contributed by atoms with Crippen LogP contribution < -0.4 is 10.6 Å². The first-order chi connectivity index (χ1) is 13.4. The number of carbonyl (C=O) groups excluding carboxylic acids is 1. The number of nitrogens with one attached hydrogen (secondary N) is 2. The molecule has 2 aliphatic rings. The first kappa shape index (κ1) is 20.6. The average Bonchev–Trinajstić information content (AvgIpc) is 3.15. The molecule has 6 nitrogen and oxygen atoms in total. The molecule has 3 rings (SSSR count). The molecule has 2 amide bonds. The van der Waals surface area contributed by atoms with Crippen LogP contribution >= 0.6 is 0 Å². The van der Waals surface area contributed by atoms with Crippen LogP contribution in [0.15, 0.2) is 30.3 Å². The summed E-state index contributed by atoms with van der Waals surface area (Å²) in [4.78, 5) is 25.8. The molecule has 1 aliphatic heterocycles. The maximum Gasteiger partial charge on any atom is 0.317 e. The summed E-state index contributed by atoms with van der Waals surface area (Å²) in [5.74, 6) is -1.07. The van der Waals surface area contributed by atoms with Gasteiger partial charge in [-0.15, -0.1) is 0 Å². The number of amides is 2. The third-order valence-corrected chi connectivity index (χ3v) is 6.26. The highest BCUT2D eigenvalue weighted by atomic mass is 16.4.